The van der Waals surface area contributed by atoms with Gasteiger partial charge in [0.05, 0.1) is 0 Å². The lowest BCUT2D eigenvalue weighted by atomic mass is 9.94. The number of aromatic nitrogens is 2. The molecule has 7 heteroatoms. The molecule has 164 valence electrons. The third-order valence-corrected chi connectivity index (χ3v) is 5.71. The average molecular weight is 449 g/mol. The van der Waals surface area contributed by atoms with Crippen LogP contribution in [0.25, 0.3) is 22.2 Å². The summed E-state index contributed by atoms with van der Waals surface area (Å²) in [5.41, 5.74) is 11.3. The Morgan fingerprint density at radius 1 is 1.06 bits per heavy atom. The lowest BCUT2D eigenvalue weighted by Gasteiger charge is -2.16. The fraction of sp³-hybridized carbons (Fsp3) is 0.240. The number of nitrogens with one attached hydrogen (secondary N) is 1. The second-order valence-electron chi connectivity index (χ2n) is 8.09. The number of rotatable bonds is 7. The predicted octanol–water partition coefficient (Wildman–Crippen LogP) is 4.69. The summed E-state index contributed by atoms with van der Waals surface area (Å²) in [4.78, 5) is 16.9. The monoisotopic (exact) mass is 448 g/mol. The highest BCUT2D eigenvalue weighted by molar-refractivity contribution is 5.93. The number of hydrogen-bond donors (Lipinski definition) is 2. The Balaban J connectivity index is 0.00000245. The highest BCUT2D eigenvalue weighted by atomic mass is 35.5. The molecule has 1 saturated carbocycles. The standard InChI is InChI=1S/C25H24N4O2.ClH/c26-21(14-17-6-5-10-22(28-17)25(30)27-15-16-12-13-16)18-7-1-2-8-19(18)24-20-9-3-4-11-23(20)31-29-24;/h1-11,16,21H,12-15,26H2,(H,27,30);1H. The van der Waals surface area contributed by atoms with E-state index in [1.54, 1.807) is 6.07 Å². The van der Waals surface area contributed by atoms with E-state index in [0.717, 1.165) is 40.0 Å². The third-order valence-electron chi connectivity index (χ3n) is 5.71. The van der Waals surface area contributed by atoms with Crippen molar-refractivity contribution in [2.75, 3.05) is 6.54 Å². The number of fused-ring (bicyclic) bond motifs is 1. The highest BCUT2D eigenvalue weighted by Crippen LogP contribution is 2.33. The molecule has 1 unspecified atom stereocenters. The Kier molecular flexibility index (Phi) is 6.53. The second kappa shape index (κ2) is 9.51. The molecule has 1 atom stereocenters. The summed E-state index contributed by atoms with van der Waals surface area (Å²) >= 11 is 0. The number of carbonyl (C=O) groups excluding carboxylic acids is 1. The first kappa shape index (κ1) is 22.0. The molecule has 0 aliphatic heterocycles. The minimum atomic E-state index is -0.302. The van der Waals surface area contributed by atoms with Gasteiger partial charge in [0.15, 0.2) is 5.58 Å². The number of hydrogen-bond acceptors (Lipinski definition) is 5. The van der Waals surface area contributed by atoms with Gasteiger partial charge in [-0.1, -0.05) is 47.6 Å². The largest absolute Gasteiger partial charge is 0.356 e. The molecular formula is C25H25ClN4O2. The molecule has 4 aromatic rings. The zero-order valence-corrected chi connectivity index (χ0v) is 18.3. The zero-order chi connectivity index (χ0) is 21.2. The normalized spacial score (nSPS) is 14.0. The number of halogens is 1. The van der Waals surface area contributed by atoms with E-state index in [2.05, 4.69) is 15.5 Å². The van der Waals surface area contributed by atoms with Crippen LogP contribution < -0.4 is 11.1 Å². The Morgan fingerprint density at radius 3 is 2.69 bits per heavy atom. The van der Waals surface area contributed by atoms with Crippen LogP contribution in [0.2, 0.25) is 0 Å². The minimum Gasteiger partial charge on any atom is -0.356 e. The second-order valence-corrected chi connectivity index (χ2v) is 8.09. The van der Waals surface area contributed by atoms with Gasteiger partial charge < -0.3 is 15.6 Å². The van der Waals surface area contributed by atoms with Crippen LogP contribution in [0.3, 0.4) is 0 Å². The molecule has 1 fully saturated rings. The third kappa shape index (κ3) is 4.66. The van der Waals surface area contributed by atoms with Crippen molar-refractivity contribution in [3.8, 4) is 11.3 Å². The lowest BCUT2D eigenvalue weighted by molar-refractivity contribution is 0.0946. The van der Waals surface area contributed by atoms with Gasteiger partial charge in [-0.2, -0.15) is 0 Å². The number of nitrogens with zero attached hydrogens (tertiary/aromatic N) is 2. The Morgan fingerprint density at radius 2 is 1.84 bits per heavy atom. The van der Waals surface area contributed by atoms with Crippen molar-refractivity contribution < 1.29 is 9.32 Å². The Labute approximate surface area is 192 Å². The summed E-state index contributed by atoms with van der Waals surface area (Å²) in [7, 11) is 0. The van der Waals surface area contributed by atoms with E-state index < -0.39 is 0 Å². The summed E-state index contributed by atoms with van der Waals surface area (Å²) in [5.74, 6) is 0.501. The van der Waals surface area contributed by atoms with E-state index in [-0.39, 0.29) is 24.4 Å². The van der Waals surface area contributed by atoms with Crippen LogP contribution in [-0.4, -0.2) is 22.6 Å². The molecule has 0 spiro atoms. The van der Waals surface area contributed by atoms with E-state index in [1.165, 1.54) is 12.8 Å². The molecule has 0 bridgehead atoms. The highest BCUT2D eigenvalue weighted by Gasteiger charge is 2.22. The quantitative estimate of drug-likeness (QED) is 0.427. The number of carbonyl (C=O) groups is 1. The van der Waals surface area contributed by atoms with E-state index in [1.807, 2.05) is 60.7 Å². The van der Waals surface area contributed by atoms with Crippen molar-refractivity contribution in [3.05, 3.63) is 83.7 Å². The number of benzene rings is 2. The smallest absolute Gasteiger partial charge is 0.269 e. The number of amides is 1. The van der Waals surface area contributed by atoms with E-state index in [4.69, 9.17) is 10.3 Å². The van der Waals surface area contributed by atoms with E-state index >= 15 is 0 Å². The van der Waals surface area contributed by atoms with Crippen molar-refractivity contribution in [1.82, 2.24) is 15.5 Å². The van der Waals surface area contributed by atoms with Crippen LogP contribution >= 0.6 is 12.4 Å². The zero-order valence-electron chi connectivity index (χ0n) is 17.5. The van der Waals surface area contributed by atoms with Gasteiger partial charge in [0.2, 0.25) is 0 Å². The first-order chi connectivity index (χ1) is 15.2. The molecule has 1 aliphatic carbocycles. The van der Waals surface area contributed by atoms with Crippen LogP contribution in [0.15, 0.2) is 71.3 Å². The summed E-state index contributed by atoms with van der Waals surface area (Å²) in [6, 6.07) is 21.0. The maximum Gasteiger partial charge on any atom is 0.269 e. The fourth-order valence-corrected chi connectivity index (χ4v) is 3.82. The van der Waals surface area contributed by atoms with Gasteiger partial charge in [-0.15, -0.1) is 12.4 Å². The SMILES string of the molecule is Cl.NC(Cc1cccc(C(=O)NCC2CC2)n1)c1ccccc1-c1noc2ccccc12. The fourth-order valence-electron chi connectivity index (χ4n) is 3.82. The Bertz CT molecular complexity index is 1240. The van der Waals surface area contributed by atoms with Gasteiger partial charge in [-0.25, -0.2) is 4.98 Å². The molecule has 3 N–H and O–H groups in total. The predicted molar refractivity (Wildman–Crippen MR) is 127 cm³/mol. The summed E-state index contributed by atoms with van der Waals surface area (Å²) in [6.07, 6.45) is 2.90. The van der Waals surface area contributed by atoms with Crippen LogP contribution in [0.4, 0.5) is 0 Å². The van der Waals surface area contributed by atoms with Crippen LogP contribution in [-0.2, 0) is 6.42 Å². The number of para-hydroxylation sites is 1. The summed E-state index contributed by atoms with van der Waals surface area (Å²) in [6.45, 7) is 0.725. The van der Waals surface area contributed by atoms with Gasteiger partial charge >= 0.3 is 0 Å². The molecule has 1 aliphatic rings. The molecule has 5 rings (SSSR count). The summed E-state index contributed by atoms with van der Waals surface area (Å²) in [5, 5.41) is 8.21. The Hall–Kier alpha value is -3.22. The van der Waals surface area contributed by atoms with Crippen molar-refractivity contribution in [1.29, 1.82) is 0 Å². The molecule has 2 aromatic carbocycles. The number of nitrogens with two attached hydrogens (primary N) is 1. The number of pyridine rings is 1. The van der Waals surface area contributed by atoms with E-state index in [9.17, 15) is 4.79 Å². The minimum absolute atomic E-state index is 0. The molecule has 0 saturated heterocycles. The van der Waals surface area contributed by atoms with E-state index in [0.29, 0.717) is 18.0 Å². The molecule has 32 heavy (non-hydrogen) atoms. The van der Waals surface area contributed by atoms with Crippen molar-refractivity contribution >= 4 is 29.3 Å². The molecule has 0 radical (unpaired) electrons. The maximum absolute atomic E-state index is 12.4. The van der Waals surface area contributed by atoms with Crippen molar-refractivity contribution in [2.24, 2.45) is 11.7 Å². The molecule has 1 amide bonds. The van der Waals surface area contributed by atoms with Crippen LogP contribution in [0.5, 0.6) is 0 Å². The van der Waals surface area contributed by atoms with Crippen LogP contribution in [0, 0.1) is 5.92 Å². The first-order valence-electron chi connectivity index (χ1n) is 10.6. The molecular weight excluding hydrogens is 424 g/mol. The topological polar surface area (TPSA) is 94.0 Å². The molecule has 6 nitrogen and oxygen atoms in total. The van der Waals surface area contributed by atoms with Crippen LogP contribution in [0.1, 0.15) is 40.6 Å². The van der Waals surface area contributed by atoms with Crippen molar-refractivity contribution in [2.45, 2.75) is 25.3 Å². The molecule has 2 heterocycles. The van der Waals surface area contributed by atoms with Gasteiger partial charge in [-0.05, 0) is 48.6 Å². The summed E-state index contributed by atoms with van der Waals surface area (Å²) < 4.78 is 5.50. The maximum atomic E-state index is 12.4. The van der Waals surface area contributed by atoms with Crippen molar-refractivity contribution in [3.63, 3.8) is 0 Å². The van der Waals surface area contributed by atoms with Gasteiger partial charge in [0.1, 0.15) is 11.4 Å². The first-order valence-corrected chi connectivity index (χ1v) is 10.6. The molecule has 2 aromatic heterocycles. The lowest BCUT2D eigenvalue weighted by Crippen LogP contribution is -2.26. The van der Waals surface area contributed by atoms with Gasteiger partial charge in [-0.3, -0.25) is 4.79 Å². The van der Waals surface area contributed by atoms with Gasteiger partial charge in [0, 0.05) is 35.7 Å². The average Bonchev–Trinajstić information content (AvgIpc) is 3.54. The van der Waals surface area contributed by atoms with Gasteiger partial charge in [0.25, 0.3) is 5.91 Å².